The number of aromatic nitrogens is 1. The molecule has 4 nitrogen and oxygen atoms in total. The van der Waals surface area contributed by atoms with Gasteiger partial charge in [0.1, 0.15) is 5.56 Å². The van der Waals surface area contributed by atoms with E-state index in [1.54, 1.807) is 31.0 Å². The maximum absolute atomic E-state index is 12.8. The van der Waals surface area contributed by atoms with E-state index in [0.717, 1.165) is 16.8 Å². The number of rotatable bonds is 4. The van der Waals surface area contributed by atoms with Crippen LogP contribution in [0.15, 0.2) is 41.2 Å². The van der Waals surface area contributed by atoms with Gasteiger partial charge in [-0.15, -0.1) is 0 Å². The average Bonchev–Trinajstić information content (AvgIpc) is 2.48. The van der Waals surface area contributed by atoms with Gasteiger partial charge in [0.05, 0.1) is 6.04 Å². The molecule has 23 heavy (non-hydrogen) atoms. The van der Waals surface area contributed by atoms with E-state index < -0.39 is 0 Å². The third-order valence-electron chi connectivity index (χ3n) is 4.16. The van der Waals surface area contributed by atoms with E-state index in [9.17, 15) is 9.59 Å². The summed E-state index contributed by atoms with van der Waals surface area (Å²) in [6.07, 6.45) is 0. The van der Waals surface area contributed by atoms with E-state index in [4.69, 9.17) is 0 Å². The molecule has 1 amide bonds. The molecule has 0 radical (unpaired) electrons. The maximum atomic E-state index is 12.8. The lowest BCUT2D eigenvalue weighted by Crippen LogP contribution is -2.37. The largest absolute Gasteiger partial charge is 0.334 e. The molecule has 0 aliphatic rings. The summed E-state index contributed by atoms with van der Waals surface area (Å²) < 4.78 is 0. The van der Waals surface area contributed by atoms with Crippen LogP contribution in [-0.4, -0.2) is 22.8 Å². The summed E-state index contributed by atoms with van der Waals surface area (Å²) in [6, 6.07) is 11.3. The summed E-state index contributed by atoms with van der Waals surface area (Å²) in [5.41, 5.74) is 2.84. The first-order chi connectivity index (χ1) is 10.8. The third-order valence-corrected chi connectivity index (χ3v) is 4.16. The Morgan fingerprint density at radius 2 is 1.74 bits per heavy atom. The van der Waals surface area contributed by atoms with Crippen molar-refractivity contribution in [2.75, 3.05) is 7.05 Å². The van der Waals surface area contributed by atoms with Crippen molar-refractivity contribution in [2.45, 2.75) is 33.7 Å². The van der Waals surface area contributed by atoms with Gasteiger partial charge in [0.2, 0.25) is 0 Å². The molecule has 1 aromatic heterocycles. The highest BCUT2D eigenvalue weighted by Crippen LogP contribution is 2.30. The van der Waals surface area contributed by atoms with Crippen molar-refractivity contribution in [3.63, 3.8) is 0 Å². The Morgan fingerprint density at radius 1 is 1.09 bits per heavy atom. The van der Waals surface area contributed by atoms with Gasteiger partial charge in [-0.1, -0.05) is 38.1 Å². The summed E-state index contributed by atoms with van der Waals surface area (Å²) >= 11 is 0. The summed E-state index contributed by atoms with van der Waals surface area (Å²) in [5, 5.41) is 0. The van der Waals surface area contributed by atoms with Gasteiger partial charge in [0, 0.05) is 12.7 Å². The number of H-pyrrole nitrogens is 1. The molecule has 1 heterocycles. The van der Waals surface area contributed by atoms with Crippen molar-refractivity contribution in [1.29, 1.82) is 0 Å². The van der Waals surface area contributed by atoms with E-state index in [0.29, 0.717) is 0 Å². The van der Waals surface area contributed by atoms with Crippen LogP contribution in [-0.2, 0) is 0 Å². The summed E-state index contributed by atoms with van der Waals surface area (Å²) in [7, 11) is 1.76. The number of nitrogens with zero attached hydrogens (tertiary/aromatic N) is 1. The van der Waals surface area contributed by atoms with E-state index in [-0.39, 0.29) is 29.0 Å². The second-order valence-corrected chi connectivity index (χ2v) is 6.35. The van der Waals surface area contributed by atoms with Gasteiger partial charge in [0.25, 0.3) is 11.5 Å². The summed E-state index contributed by atoms with van der Waals surface area (Å²) in [4.78, 5) is 29.3. The van der Waals surface area contributed by atoms with Crippen LogP contribution in [0.4, 0.5) is 0 Å². The fourth-order valence-electron chi connectivity index (χ4n) is 2.99. The van der Waals surface area contributed by atoms with Gasteiger partial charge < -0.3 is 9.88 Å². The molecule has 122 valence electrons. The zero-order valence-corrected chi connectivity index (χ0v) is 14.4. The number of benzene rings is 1. The molecular weight excluding hydrogens is 288 g/mol. The van der Waals surface area contributed by atoms with Crippen LogP contribution in [0.3, 0.4) is 0 Å². The van der Waals surface area contributed by atoms with Crippen molar-refractivity contribution >= 4 is 5.91 Å². The summed E-state index contributed by atoms with van der Waals surface area (Å²) in [6.45, 7) is 8.01. The normalized spacial score (nSPS) is 12.3. The number of hydrogen-bond acceptors (Lipinski definition) is 2. The van der Waals surface area contributed by atoms with E-state index in [1.165, 1.54) is 0 Å². The molecule has 1 aromatic carbocycles. The average molecular weight is 312 g/mol. The third kappa shape index (κ3) is 3.52. The maximum Gasteiger partial charge on any atom is 0.260 e. The molecule has 0 aliphatic heterocycles. The molecule has 2 aromatic rings. The second kappa shape index (κ2) is 6.82. The number of hydrogen-bond donors (Lipinski definition) is 1. The number of pyridine rings is 1. The Bertz CT molecular complexity index is 762. The van der Waals surface area contributed by atoms with Crippen molar-refractivity contribution in [1.82, 2.24) is 9.88 Å². The smallest absolute Gasteiger partial charge is 0.260 e. The minimum atomic E-state index is -0.339. The first kappa shape index (κ1) is 17.0. The number of nitrogens with one attached hydrogen (secondary N) is 1. The highest BCUT2D eigenvalue weighted by atomic mass is 16.2. The quantitative estimate of drug-likeness (QED) is 0.940. The molecule has 0 saturated heterocycles. The van der Waals surface area contributed by atoms with Crippen LogP contribution >= 0.6 is 0 Å². The first-order valence-corrected chi connectivity index (χ1v) is 7.85. The van der Waals surface area contributed by atoms with Crippen LogP contribution in [0, 0.1) is 19.8 Å². The number of aromatic amines is 1. The number of carbonyl (C=O) groups is 1. The van der Waals surface area contributed by atoms with Crippen molar-refractivity contribution in [2.24, 2.45) is 5.92 Å². The van der Waals surface area contributed by atoms with Gasteiger partial charge in [-0.2, -0.15) is 0 Å². The Morgan fingerprint density at radius 3 is 2.30 bits per heavy atom. The van der Waals surface area contributed by atoms with Crippen LogP contribution < -0.4 is 5.56 Å². The zero-order chi connectivity index (χ0) is 17.1. The Balaban J connectivity index is 2.42. The topological polar surface area (TPSA) is 53.2 Å². The molecule has 1 atom stereocenters. The SMILES string of the molecule is Cc1ccc(C(=O)N(C)[C@@H](c2ccccc2C)C(C)C)c(=O)[nH]1. The van der Waals surface area contributed by atoms with Gasteiger partial charge in [-0.25, -0.2) is 0 Å². The van der Waals surface area contributed by atoms with E-state index in [1.807, 2.05) is 31.2 Å². The Hall–Kier alpha value is -2.36. The van der Waals surface area contributed by atoms with Crippen molar-refractivity contribution in [3.8, 4) is 0 Å². The minimum Gasteiger partial charge on any atom is -0.334 e. The standard InChI is InChI=1S/C19H24N2O2/c1-12(2)17(15-9-7-6-8-13(15)3)21(5)19(23)16-11-10-14(4)20-18(16)22/h6-12,17H,1-5H3,(H,20,22)/t17-/m1/s1. The fraction of sp³-hybridized carbons (Fsp3) is 0.368. The molecular formula is C19H24N2O2. The minimum absolute atomic E-state index is 0.0793. The molecule has 0 spiro atoms. The van der Waals surface area contributed by atoms with E-state index >= 15 is 0 Å². The highest BCUT2D eigenvalue weighted by Gasteiger charge is 2.27. The molecule has 4 heteroatoms. The lowest BCUT2D eigenvalue weighted by molar-refractivity contribution is 0.0685. The predicted octanol–water partition coefficient (Wildman–Crippen LogP) is 3.46. The van der Waals surface area contributed by atoms with Crippen LogP contribution in [0.25, 0.3) is 0 Å². The van der Waals surface area contributed by atoms with Crippen LogP contribution in [0.2, 0.25) is 0 Å². The second-order valence-electron chi connectivity index (χ2n) is 6.35. The zero-order valence-electron chi connectivity index (χ0n) is 14.4. The highest BCUT2D eigenvalue weighted by molar-refractivity contribution is 5.94. The van der Waals surface area contributed by atoms with E-state index in [2.05, 4.69) is 18.8 Å². The van der Waals surface area contributed by atoms with Crippen molar-refractivity contribution in [3.05, 3.63) is 69.1 Å². The van der Waals surface area contributed by atoms with Crippen molar-refractivity contribution < 1.29 is 4.79 Å². The predicted molar refractivity (Wildman–Crippen MR) is 92.7 cm³/mol. The Kier molecular flexibility index (Phi) is 5.04. The molecule has 0 saturated carbocycles. The monoisotopic (exact) mass is 312 g/mol. The number of carbonyl (C=O) groups excluding carboxylic acids is 1. The Labute approximate surface area is 137 Å². The van der Waals surface area contributed by atoms with Gasteiger partial charge in [0.15, 0.2) is 0 Å². The van der Waals surface area contributed by atoms with Crippen LogP contribution in [0.1, 0.15) is 47.1 Å². The van der Waals surface area contributed by atoms with Crippen LogP contribution in [0.5, 0.6) is 0 Å². The number of amides is 1. The molecule has 2 rings (SSSR count). The molecule has 0 unspecified atom stereocenters. The molecule has 0 aliphatic carbocycles. The fourth-order valence-corrected chi connectivity index (χ4v) is 2.99. The molecule has 0 fully saturated rings. The summed E-state index contributed by atoms with van der Waals surface area (Å²) in [5.74, 6) is -0.0252. The molecule has 0 bridgehead atoms. The van der Waals surface area contributed by atoms with Gasteiger partial charge in [-0.05, 0) is 43.0 Å². The van der Waals surface area contributed by atoms with Gasteiger partial charge >= 0.3 is 0 Å². The number of aryl methyl sites for hydroxylation is 2. The first-order valence-electron chi connectivity index (χ1n) is 7.85. The van der Waals surface area contributed by atoms with Gasteiger partial charge in [-0.3, -0.25) is 9.59 Å². The lowest BCUT2D eigenvalue weighted by atomic mass is 9.91. The lowest BCUT2D eigenvalue weighted by Gasteiger charge is -2.32. The molecule has 1 N–H and O–H groups in total.